The lowest BCUT2D eigenvalue weighted by atomic mass is 9.83. The molecule has 0 bridgehead atoms. The molecule has 0 fully saturated rings. The van der Waals surface area contributed by atoms with Gasteiger partial charge in [0.2, 0.25) is 0 Å². The van der Waals surface area contributed by atoms with Gasteiger partial charge in [0.25, 0.3) is 0 Å². The molecule has 0 aliphatic heterocycles. The third-order valence-corrected chi connectivity index (χ3v) is 3.09. The van der Waals surface area contributed by atoms with Gasteiger partial charge in [0, 0.05) is 0 Å². The van der Waals surface area contributed by atoms with Gasteiger partial charge in [-0.25, -0.2) is 8.78 Å². The van der Waals surface area contributed by atoms with Crippen LogP contribution in [0.5, 0.6) is 0 Å². The number of rotatable bonds is 5. The summed E-state index contributed by atoms with van der Waals surface area (Å²) in [6.07, 6.45) is 1.56. The normalized spacial score (nSPS) is 15.3. The Balaban J connectivity index is 2.50. The van der Waals surface area contributed by atoms with Crippen LogP contribution in [0.25, 0.3) is 0 Å². The highest BCUT2D eigenvalue weighted by atomic mass is 19.2. The Morgan fingerprint density at radius 2 is 1.79 bits per heavy atom. The van der Waals surface area contributed by atoms with E-state index in [2.05, 4.69) is 27.7 Å². The van der Waals surface area contributed by atoms with Crippen LogP contribution < -0.4 is 0 Å². The molecule has 0 aliphatic rings. The fourth-order valence-corrected chi connectivity index (χ4v) is 2.62. The van der Waals surface area contributed by atoms with Crippen LogP contribution in [0.3, 0.4) is 0 Å². The van der Waals surface area contributed by atoms with E-state index in [1.54, 1.807) is 0 Å². The smallest absolute Gasteiger partial charge is 0.159 e. The van der Waals surface area contributed by atoms with Gasteiger partial charge in [0.05, 0.1) is 6.10 Å². The zero-order valence-electron chi connectivity index (χ0n) is 12.2. The Kier molecular flexibility index (Phi) is 5.48. The maximum atomic E-state index is 13.1. The lowest BCUT2D eigenvalue weighted by Gasteiger charge is -2.24. The summed E-state index contributed by atoms with van der Waals surface area (Å²) in [4.78, 5) is 0. The monoisotopic (exact) mass is 270 g/mol. The summed E-state index contributed by atoms with van der Waals surface area (Å²) in [6, 6.07) is 3.79. The van der Waals surface area contributed by atoms with E-state index < -0.39 is 17.7 Å². The summed E-state index contributed by atoms with van der Waals surface area (Å²) in [5.74, 6) is -1.30. The molecule has 108 valence electrons. The minimum Gasteiger partial charge on any atom is -0.393 e. The SMILES string of the molecule is CC(CC(O)Cc1ccc(F)c(F)c1)CC(C)(C)C. The molecule has 0 radical (unpaired) electrons. The molecule has 0 saturated carbocycles. The first-order valence-electron chi connectivity index (χ1n) is 6.79. The van der Waals surface area contributed by atoms with Gasteiger partial charge in [-0.3, -0.25) is 0 Å². The molecule has 0 amide bonds. The van der Waals surface area contributed by atoms with Crippen molar-refractivity contribution in [3.05, 3.63) is 35.4 Å². The van der Waals surface area contributed by atoms with Crippen LogP contribution in [0, 0.1) is 23.0 Å². The Morgan fingerprint density at radius 3 is 2.32 bits per heavy atom. The van der Waals surface area contributed by atoms with Gasteiger partial charge in [-0.2, -0.15) is 0 Å². The molecule has 1 nitrogen and oxygen atoms in total. The van der Waals surface area contributed by atoms with Gasteiger partial charge in [-0.1, -0.05) is 33.8 Å². The van der Waals surface area contributed by atoms with Crippen LogP contribution in [0.15, 0.2) is 18.2 Å². The summed E-state index contributed by atoms with van der Waals surface area (Å²) in [5.41, 5.74) is 0.871. The molecule has 0 aliphatic carbocycles. The number of aliphatic hydroxyl groups excluding tert-OH is 1. The van der Waals surface area contributed by atoms with Crippen LogP contribution in [-0.2, 0) is 6.42 Å². The minimum atomic E-state index is -0.854. The number of hydrogen-bond donors (Lipinski definition) is 1. The topological polar surface area (TPSA) is 20.2 Å². The van der Waals surface area contributed by atoms with Gasteiger partial charge in [-0.15, -0.1) is 0 Å². The van der Waals surface area contributed by atoms with Gasteiger partial charge in [0.15, 0.2) is 11.6 Å². The largest absolute Gasteiger partial charge is 0.393 e. The maximum absolute atomic E-state index is 13.1. The van der Waals surface area contributed by atoms with Crippen molar-refractivity contribution in [2.24, 2.45) is 11.3 Å². The molecular formula is C16H24F2O. The number of hydrogen-bond acceptors (Lipinski definition) is 1. The van der Waals surface area contributed by atoms with E-state index in [0.717, 1.165) is 18.6 Å². The first kappa shape index (κ1) is 16.1. The van der Waals surface area contributed by atoms with Gasteiger partial charge >= 0.3 is 0 Å². The van der Waals surface area contributed by atoms with E-state index in [4.69, 9.17) is 0 Å². The van der Waals surface area contributed by atoms with Gasteiger partial charge in [0.1, 0.15) is 0 Å². The van der Waals surface area contributed by atoms with Crippen molar-refractivity contribution in [1.82, 2.24) is 0 Å². The Hall–Kier alpha value is -0.960. The Labute approximate surface area is 114 Å². The van der Waals surface area contributed by atoms with Crippen molar-refractivity contribution in [3.63, 3.8) is 0 Å². The summed E-state index contributed by atoms with van der Waals surface area (Å²) >= 11 is 0. The molecule has 2 unspecified atom stereocenters. The fourth-order valence-electron chi connectivity index (χ4n) is 2.62. The molecule has 1 aromatic carbocycles. The molecule has 0 saturated heterocycles. The lowest BCUT2D eigenvalue weighted by molar-refractivity contribution is 0.132. The fraction of sp³-hybridized carbons (Fsp3) is 0.625. The number of benzene rings is 1. The summed E-state index contributed by atoms with van der Waals surface area (Å²) < 4.78 is 25.9. The van der Waals surface area contributed by atoms with E-state index >= 15 is 0 Å². The molecule has 2 atom stereocenters. The number of aliphatic hydroxyl groups is 1. The van der Waals surface area contributed by atoms with Crippen molar-refractivity contribution in [2.45, 2.75) is 53.1 Å². The third kappa shape index (κ3) is 6.15. The standard InChI is InChI=1S/C16H24F2O/c1-11(10-16(2,3)4)7-13(19)8-12-5-6-14(17)15(18)9-12/h5-6,9,11,13,19H,7-8,10H2,1-4H3. The highest BCUT2D eigenvalue weighted by molar-refractivity contribution is 5.18. The second-order valence-corrected chi connectivity index (χ2v) is 6.71. The summed E-state index contributed by atoms with van der Waals surface area (Å²) in [7, 11) is 0. The maximum Gasteiger partial charge on any atom is 0.159 e. The third-order valence-electron chi connectivity index (χ3n) is 3.09. The van der Waals surface area contributed by atoms with Crippen LogP contribution in [-0.4, -0.2) is 11.2 Å². The van der Waals surface area contributed by atoms with E-state index in [9.17, 15) is 13.9 Å². The van der Waals surface area contributed by atoms with Crippen molar-refractivity contribution in [2.75, 3.05) is 0 Å². The molecule has 1 rings (SSSR count). The van der Waals surface area contributed by atoms with E-state index in [1.165, 1.54) is 6.07 Å². The van der Waals surface area contributed by atoms with E-state index in [-0.39, 0.29) is 5.41 Å². The number of halogens is 2. The molecule has 1 aromatic rings. The summed E-state index contributed by atoms with van der Waals surface area (Å²) in [6.45, 7) is 8.63. The first-order chi connectivity index (χ1) is 8.67. The zero-order chi connectivity index (χ0) is 14.6. The first-order valence-corrected chi connectivity index (χ1v) is 6.79. The highest BCUT2D eigenvalue weighted by Gasteiger charge is 2.18. The van der Waals surface area contributed by atoms with Gasteiger partial charge < -0.3 is 5.11 Å². The van der Waals surface area contributed by atoms with Crippen molar-refractivity contribution >= 4 is 0 Å². The second-order valence-electron chi connectivity index (χ2n) is 6.71. The minimum absolute atomic E-state index is 0.237. The van der Waals surface area contributed by atoms with Crippen molar-refractivity contribution in [3.8, 4) is 0 Å². The van der Waals surface area contributed by atoms with E-state index in [0.29, 0.717) is 24.3 Å². The molecule has 0 spiro atoms. The van der Waals surface area contributed by atoms with Gasteiger partial charge in [-0.05, 0) is 48.3 Å². The predicted molar refractivity (Wildman–Crippen MR) is 73.9 cm³/mol. The van der Waals surface area contributed by atoms with Crippen LogP contribution in [0.2, 0.25) is 0 Å². The average Bonchev–Trinajstić information content (AvgIpc) is 2.20. The molecule has 19 heavy (non-hydrogen) atoms. The lowest BCUT2D eigenvalue weighted by Crippen LogP contribution is -2.19. The van der Waals surface area contributed by atoms with Crippen molar-refractivity contribution < 1.29 is 13.9 Å². The molecule has 0 aromatic heterocycles. The predicted octanol–water partition coefficient (Wildman–Crippen LogP) is 4.33. The van der Waals surface area contributed by atoms with Crippen LogP contribution in [0.1, 0.15) is 46.1 Å². The zero-order valence-corrected chi connectivity index (χ0v) is 12.2. The van der Waals surface area contributed by atoms with Crippen LogP contribution in [0.4, 0.5) is 8.78 Å². The molecule has 1 N–H and O–H groups in total. The Bertz CT molecular complexity index is 410. The molecule has 3 heteroatoms. The Morgan fingerprint density at radius 1 is 1.16 bits per heavy atom. The second kappa shape index (κ2) is 6.47. The quantitative estimate of drug-likeness (QED) is 0.844. The summed E-state index contributed by atoms with van der Waals surface area (Å²) in [5, 5.41) is 10.0. The van der Waals surface area contributed by atoms with E-state index in [1.807, 2.05) is 0 Å². The average molecular weight is 270 g/mol. The molecular weight excluding hydrogens is 246 g/mol. The van der Waals surface area contributed by atoms with Crippen LogP contribution >= 0.6 is 0 Å². The van der Waals surface area contributed by atoms with Crippen molar-refractivity contribution in [1.29, 1.82) is 0 Å². The highest BCUT2D eigenvalue weighted by Crippen LogP contribution is 2.27. The molecule has 0 heterocycles.